The first kappa shape index (κ1) is 15.4. The zero-order chi connectivity index (χ0) is 14.3. The normalized spacial score (nSPS) is 11.3. The minimum Gasteiger partial charge on any atom is -0.326 e. The van der Waals surface area contributed by atoms with Gasteiger partial charge in [-0.3, -0.25) is 4.79 Å². The number of hydrogen-bond acceptors (Lipinski definition) is 3. The Kier molecular flexibility index (Phi) is 5.72. The summed E-state index contributed by atoms with van der Waals surface area (Å²) in [6.07, 6.45) is 2.72. The van der Waals surface area contributed by atoms with Crippen LogP contribution in [0.3, 0.4) is 0 Å². The van der Waals surface area contributed by atoms with Crippen molar-refractivity contribution in [2.75, 3.05) is 24.7 Å². The number of para-hydroxylation sites is 1. The molecule has 0 aliphatic heterocycles. The van der Waals surface area contributed by atoms with E-state index in [0.29, 0.717) is 5.69 Å². The lowest BCUT2D eigenvalue weighted by atomic mass is 10.3. The van der Waals surface area contributed by atoms with E-state index in [9.17, 15) is 13.2 Å². The van der Waals surface area contributed by atoms with Gasteiger partial charge in [-0.25, -0.2) is 8.42 Å². The summed E-state index contributed by atoms with van der Waals surface area (Å²) in [4.78, 5) is 11.7. The van der Waals surface area contributed by atoms with Gasteiger partial charge in [0.15, 0.2) is 0 Å². The minimum atomic E-state index is -3.31. The van der Waals surface area contributed by atoms with Gasteiger partial charge in [0, 0.05) is 25.2 Å². The van der Waals surface area contributed by atoms with Crippen molar-refractivity contribution >= 4 is 21.6 Å². The lowest BCUT2D eigenvalue weighted by Crippen LogP contribution is -2.33. The molecule has 0 heterocycles. The molecular weight excluding hydrogens is 264 g/mol. The Hall–Kier alpha value is -1.66. The summed E-state index contributed by atoms with van der Waals surface area (Å²) in [7, 11) is -3.31. The van der Waals surface area contributed by atoms with Gasteiger partial charge < -0.3 is 5.32 Å². The fourth-order valence-electron chi connectivity index (χ4n) is 1.51. The molecule has 0 bridgehead atoms. The molecule has 0 saturated carbocycles. The molecule has 6 heteroatoms. The second-order valence-corrected chi connectivity index (χ2v) is 6.06. The van der Waals surface area contributed by atoms with Gasteiger partial charge in [-0.05, 0) is 12.1 Å². The van der Waals surface area contributed by atoms with Crippen molar-refractivity contribution in [1.82, 2.24) is 4.31 Å². The van der Waals surface area contributed by atoms with Crippen LogP contribution in [0, 0.1) is 0 Å². The molecule has 0 saturated heterocycles. The average Bonchev–Trinajstić information content (AvgIpc) is 2.34. The van der Waals surface area contributed by atoms with Crippen LogP contribution < -0.4 is 5.32 Å². The van der Waals surface area contributed by atoms with Crippen molar-refractivity contribution in [3.05, 3.63) is 43.0 Å². The maximum atomic E-state index is 11.7. The van der Waals surface area contributed by atoms with Crippen molar-refractivity contribution < 1.29 is 13.2 Å². The Balaban J connectivity index is 2.51. The molecule has 1 aromatic carbocycles. The van der Waals surface area contributed by atoms with Crippen LogP contribution in [-0.4, -0.2) is 38.0 Å². The molecule has 0 radical (unpaired) electrons. The third-order valence-electron chi connectivity index (χ3n) is 2.45. The summed E-state index contributed by atoms with van der Waals surface area (Å²) < 4.78 is 24.1. The lowest BCUT2D eigenvalue weighted by Gasteiger charge is -2.17. The van der Waals surface area contributed by atoms with Gasteiger partial charge in [0.05, 0.1) is 6.26 Å². The van der Waals surface area contributed by atoms with Gasteiger partial charge >= 0.3 is 0 Å². The molecular formula is C13H18N2O3S. The van der Waals surface area contributed by atoms with Crippen molar-refractivity contribution in [3.63, 3.8) is 0 Å². The number of nitrogens with one attached hydrogen (secondary N) is 1. The van der Waals surface area contributed by atoms with E-state index in [4.69, 9.17) is 0 Å². The summed E-state index contributed by atoms with van der Waals surface area (Å²) in [5, 5.41) is 2.70. The number of anilines is 1. The third-order valence-corrected chi connectivity index (χ3v) is 3.72. The van der Waals surface area contributed by atoms with E-state index in [2.05, 4.69) is 11.9 Å². The Morgan fingerprint density at radius 3 is 2.53 bits per heavy atom. The highest BCUT2D eigenvalue weighted by Gasteiger charge is 2.16. The van der Waals surface area contributed by atoms with Gasteiger partial charge in [-0.2, -0.15) is 4.31 Å². The second kappa shape index (κ2) is 7.06. The number of nitrogens with zero attached hydrogens (tertiary/aromatic N) is 1. The topological polar surface area (TPSA) is 66.5 Å². The zero-order valence-corrected chi connectivity index (χ0v) is 11.7. The van der Waals surface area contributed by atoms with E-state index in [1.165, 1.54) is 10.4 Å². The molecule has 0 aromatic heterocycles. The molecule has 1 amide bonds. The molecule has 104 valence electrons. The largest absolute Gasteiger partial charge is 0.326 e. The molecule has 0 atom stereocenters. The van der Waals surface area contributed by atoms with Crippen LogP contribution in [0.4, 0.5) is 5.69 Å². The zero-order valence-electron chi connectivity index (χ0n) is 10.9. The highest BCUT2D eigenvalue weighted by atomic mass is 32.2. The van der Waals surface area contributed by atoms with E-state index < -0.39 is 10.0 Å². The first-order chi connectivity index (χ1) is 8.93. The fraction of sp³-hybridized carbons (Fsp3) is 0.308. The van der Waals surface area contributed by atoms with Gasteiger partial charge in [0.25, 0.3) is 0 Å². The Bertz CT molecular complexity index is 526. The number of hydrogen-bond donors (Lipinski definition) is 1. The number of rotatable bonds is 7. The fourth-order valence-corrected chi connectivity index (χ4v) is 2.31. The first-order valence-electron chi connectivity index (χ1n) is 5.84. The van der Waals surface area contributed by atoms with Crippen molar-refractivity contribution in [1.29, 1.82) is 0 Å². The Labute approximate surface area is 114 Å². The number of carbonyl (C=O) groups is 1. The summed E-state index contributed by atoms with van der Waals surface area (Å²) in [5.74, 6) is -0.219. The minimum absolute atomic E-state index is 0.107. The monoisotopic (exact) mass is 282 g/mol. The molecule has 19 heavy (non-hydrogen) atoms. The summed E-state index contributed by atoms with van der Waals surface area (Å²) in [5.41, 5.74) is 0.696. The van der Waals surface area contributed by atoms with Crippen LogP contribution >= 0.6 is 0 Å². The molecule has 5 nitrogen and oxygen atoms in total. The second-order valence-electron chi connectivity index (χ2n) is 4.07. The van der Waals surface area contributed by atoms with Gasteiger partial charge in [-0.1, -0.05) is 24.3 Å². The number of sulfonamides is 1. The highest BCUT2D eigenvalue weighted by Crippen LogP contribution is 2.06. The van der Waals surface area contributed by atoms with Crippen LogP contribution in [0.5, 0.6) is 0 Å². The molecule has 0 fully saturated rings. The number of carbonyl (C=O) groups excluding carboxylic acids is 1. The quantitative estimate of drug-likeness (QED) is 0.770. The molecule has 1 aromatic rings. The summed E-state index contributed by atoms with van der Waals surface area (Å²) in [6, 6.07) is 9.03. The smallest absolute Gasteiger partial charge is 0.225 e. The Morgan fingerprint density at radius 2 is 2.00 bits per heavy atom. The maximum absolute atomic E-state index is 11.7. The van der Waals surface area contributed by atoms with E-state index >= 15 is 0 Å². The van der Waals surface area contributed by atoms with Crippen LogP contribution in [0.15, 0.2) is 43.0 Å². The number of benzene rings is 1. The standard InChI is InChI=1S/C13H18N2O3S/c1-3-10-15(19(2,17)18)11-9-13(16)14-12-7-5-4-6-8-12/h3-8H,1,9-11H2,2H3,(H,14,16). The Morgan fingerprint density at radius 1 is 1.37 bits per heavy atom. The molecule has 1 rings (SSSR count). The summed E-state index contributed by atoms with van der Waals surface area (Å²) in [6.45, 7) is 3.85. The molecule has 0 unspecified atom stereocenters. The van der Waals surface area contributed by atoms with Gasteiger partial charge in [0.1, 0.15) is 0 Å². The van der Waals surface area contributed by atoms with Gasteiger partial charge in [0.2, 0.25) is 15.9 Å². The van der Waals surface area contributed by atoms with Crippen molar-refractivity contribution in [2.24, 2.45) is 0 Å². The van der Waals surface area contributed by atoms with Gasteiger partial charge in [-0.15, -0.1) is 6.58 Å². The van der Waals surface area contributed by atoms with Crippen molar-refractivity contribution in [3.8, 4) is 0 Å². The van der Waals surface area contributed by atoms with Crippen LogP contribution in [0.1, 0.15) is 6.42 Å². The maximum Gasteiger partial charge on any atom is 0.225 e. The predicted octanol–water partition coefficient (Wildman–Crippen LogP) is 1.46. The van der Waals surface area contributed by atoms with E-state index in [-0.39, 0.29) is 25.4 Å². The lowest BCUT2D eigenvalue weighted by molar-refractivity contribution is -0.116. The molecule has 1 N–H and O–H groups in total. The highest BCUT2D eigenvalue weighted by molar-refractivity contribution is 7.88. The molecule has 0 spiro atoms. The predicted molar refractivity (Wildman–Crippen MR) is 76.3 cm³/mol. The van der Waals surface area contributed by atoms with Crippen LogP contribution in [-0.2, 0) is 14.8 Å². The van der Waals surface area contributed by atoms with Crippen LogP contribution in [0.2, 0.25) is 0 Å². The number of amides is 1. The molecule has 0 aliphatic rings. The van der Waals surface area contributed by atoms with E-state index in [1.54, 1.807) is 12.1 Å². The van der Waals surface area contributed by atoms with Crippen LogP contribution in [0.25, 0.3) is 0 Å². The summed E-state index contributed by atoms with van der Waals surface area (Å²) >= 11 is 0. The van der Waals surface area contributed by atoms with Crippen molar-refractivity contribution in [2.45, 2.75) is 6.42 Å². The first-order valence-corrected chi connectivity index (χ1v) is 7.69. The van der Waals surface area contributed by atoms with E-state index in [1.807, 2.05) is 18.2 Å². The molecule has 0 aliphatic carbocycles. The third kappa shape index (κ3) is 5.67. The SMILES string of the molecule is C=CCN(CCC(=O)Nc1ccccc1)S(C)(=O)=O. The van der Waals surface area contributed by atoms with E-state index in [0.717, 1.165) is 6.26 Å². The average molecular weight is 282 g/mol.